The van der Waals surface area contributed by atoms with Crippen molar-refractivity contribution in [2.45, 2.75) is 9.92 Å². The van der Waals surface area contributed by atoms with E-state index >= 15 is 0 Å². The van der Waals surface area contributed by atoms with Gasteiger partial charge in [-0.2, -0.15) is 0 Å². The molecule has 122 valence electrons. The van der Waals surface area contributed by atoms with E-state index < -0.39 is 5.97 Å². The Balaban J connectivity index is 1.92. The van der Waals surface area contributed by atoms with Crippen molar-refractivity contribution in [2.24, 2.45) is 4.99 Å². The van der Waals surface area contributed by atoms with Crippen molar-refractivity contribution in [3.05, 3.63) is 65.1 Å². The molecule has 0 fully saturated rings. The number of pyridine rings is 1. The summed E-state index contributed by atoms with van der Waals surface area (Å²) in [7, 11) is 3.64. The highest BCUT2D eigenvalue weighted by Gasteiger charge is 2.26. The Labute approximate surface area is 149 Å². The quantitative estimate of drug-likeness (QED) is 0.616. The fraction of sp³-hybridized carbons (Fsp3) is 0.118. The second kappa shape index (κ2) is 7.07. The SMILES string of the molecule is CN(C)/C=C1/N=C(c2cccnc2Sc2ccc(Cl)cc2)OC1=O. The molecule has 1 aromatic carbocycles. The second-order valence-corrected chi connectivity index (χ2v) is 6.70. The van der Waals surface area contributed by atoms with Gasteiger partial charge in [0.2, 0.25) is 5.90 Å². The van der Waals surface area contributed by atoms with E-state index in [2.05, 4.69) is 9.98 Å². The first-order chi connectivity index (χ1) is 11.5. The van der Waals surface area contributed by atoms with Gasteiger partial charge in [0.1, 0.15) is 5.03 Å². The molecule has 0 unspecified atom stereocenters. The summed E-state index contributed by atoms with van der Waals surface area (Å²) in [5.41, 5.74) is 0.939. The monoisotopic (exact) mass is 359 g/mol. The lowest BCUT2D eigenvalue weighted by atomic mass is 10.3. The third-order valence-electron chi connectivity index (χ3n) is 3.03. The molecule has 5 nitrogen and oxygen atoms in total. The van der Waals surface area contributed by atoms with Crippen LogP contribution >= 0.6 is 23.4 Å². The van der Waals surface area contributed by atoms with E-state index in [-0.39, 0.29) is 11.6 Å². The average molecular weight is 360 g/mol. The van der Waals surface area contributed by atoms with Crippen LogP contribution in [0.4, 0.5) is 0 Å². The van der Waals surface area contributed by atoms with Crippen LogP contribution in [-0.2, 0) is 9.53 Å². The van der Waals surface area contributed by atoms with Crippen LogP contribution in [-0.4, -0.2) is 35.8 Å². The molecule has 0 atom stereocenters. The Hall–Kier alpha value is -2.31. The Kier molecular flexibility index (Phi) is 4.87. The Morgan fingerprint density at radius 1 is 1.21 bits per heavy atom. The number of benzene rings is 1. The van der Waals surface area contributed by atoms with E-state index in [9.17, 15) is 4.79 Å². The molecule has 2 aromatic rings. The van der Waals surface area contributed by atoms with Crippen LogP contribution in [0.3, 0.4) is 0 Å². The topological polar surface area (TPSA) is 54.8 Å². The summed E-state index contributed by atoms with van der Waals surface area (Å²) in [5.74, 6) is -0.206. The summed E-state index contributed by atoms with van der Waals surface area (Å²) in [6.07, 6.45) is 3.31. The molecule has 1 aliphatic rings. The third kappa shape index (κ3) is 3.77. The lowest BCUT2D eigenvalue weighted by Crippen LogP contribution is -2.08. The standard InChI is InChI=1S/C17H14ClN3O2S/c1-21(2)10-14-17(22)23-15(20-14)13-4-3-9-19-16(13)24-12-7-5-11(18)6-8-12/h3-10H,1-2H3/b14-10+. The number of carbonyl (C=O) groups excluding carboxylic acids is 1. The zero-order valence-corrected chi connectivity index (χ0v) is 14.6. The van der Waals surface area contributed by atoms with Crippen LogP contribution in [0.25, 0.3) is 0 Å². The second-order valence-electron chi connectivity index (χ2n) is 5.20. The molecule has 1 aliphatic heterocycles. The fourth-order valence-corrected chi connectivity index (χ4v) is 3.01. The van der Waals surface area contributed by atoms with Gasteiger partial charge in [0.05, 0.1) is 5.56 Å². The van der Waals surface area contributed by atoms with Crippen molar-refractivity contribution < 1.29 is 9.53 Å². The number of esters is 1. The number of cyclic esters (lactones) is 1. The van der Waals surface area contributed by atoms with Gasteiger partial charge in [0.25, 0.3) is 0 Å². The molecule has 0 amide bonds. The number of hydrogen-bond acceptors (Lipinski definition) is 6. The maximum Gasteiger partial charge on any atom is 0.365 e. The first-order valence-electron chi connectivity index (χ1n) is 7.11. The number of halogens is 1. The van der Waals surface area contributed by atoms with Crippen molar-refractivity contribution in [3.8, 4) is 0 Å². The molecule has 0 spiro atoms. The molecule has 0 N–H and O–H groups in total. The Bertz CT molecular complexity index is 832. The minimum Gasteiger partial charge on any atom is -0.402 e. The maximum absolute atomic E-state index is 11.9. The van der Waals surface area contributed by atoms with Crippen molar-refractivity contribution in [1.29, 1.82) is 0 Å². The van der Waals surface area contributed by atoms with Crippen molar-refractivity contribution in [1.82, 2.24) is 9.88 Å². The highest BCUT2D eigenvalue weighted by atomic mass is 35.5. The average Bonchev–Trinajstić information content (AvgIpc) is 2.90. The number of hydrogen-bond donors (Lipinski definition) is 0. The van der Waals surface area contributed by atoms with Crippen LogP contribution in [0.15, 0.2) is 69.4 Å². The van der Waals surface area contributed by atoms with Gasteiger partial charge in [-0.3, -0.25) is 0 Å². The van der Waals surface area contributed by atoms with E-state index in [0.29, 0.717) is 15.6 Å². The molecule has 1 aromatic heterocycles. The fourth-order valence-electron chi connectivity index (χ4n) is 2.01. The third-order valence-corrected chi connectivity index (χ3v) is 4.31. The summed E-state index contributed by atoms with van der Waals surface area (Å²) >= 11 is 7.37. The molecule has 0 bridgehead atoms. The van der Waals surface area contributed by atoms with E-state index in [1.165, 1.54) is 11.8 Å². The smallest absolute Gasteiger partial charge is 0.365 e. The minimum atomic E-state index is -0.468. The van der Waals surface area contributed by atoms with Crippen molar-refractivity contribution >= 4 is 35.2 Å². The molecule has 0 saturated carbocycles. The van der Waals surface area contributed by atoms with Gasteiger partial charge < -0.3 is 9.64 Å². The molecule has 0 saturated heterocycles. The van der Waals surface area contributed by atoms with E-state index in [1.54, 1.807) is 23.4 Å². The lowest BCUT2D eigenvalue weighted by molar-refractivity contribution is -0.130. The molecule has 2 heterocycles. The number of carbonyl (C=O) groups is 1. The number of aromatic nitrogens is 1. The molecular formula is C17H14ClN3O2S. The van der Waals surface area contributed by atoms with E-state index in [1.807, 2.05) is 44.4 Å². The van der Waals surface area contributed by atoms with Gasteiger partial charge in [-0.05, 0) is 36.4 Å². The molecule has 24 heavy (non-hydrogen) atoms. The van der Waals surface area contributed by atoms with Crippen molar-refractivity contribution in [3.63, 3.8) is 0 Å². The van der Waals surface area contributed by atoms with Gasteiger partial charge in [0.15, 0.2) is 5.70 Å². The Morgan fingerprint density at radius 2 is 1.96 bits per heavy atom. The number of nitrogens with zero attached hydrogens (tertiary/aromatic N) is 3. The Morgan fingerprint density at radius 3 is 2.67 bits per heavy atom. The van der Waals surface area contributed by atoms with Crippen LogP contribution in [0.5, 0.6) is 0 Å². The maximum atomic E-state index is 11.9. The predicted octanol–water partition coefficient (Wildman–Crippen LogP) is 3.59. The zero-order valence-electron chi connectivity index (χ0n) is 13.1. The summed E-state index contributed by atoms with van der Waals surface area (Å²) < 4.78 is 5.30. The van der Waals surface area contributed by atoms with E-state index in [0.717, 1.165) is 4.90 Å². The van der Waals surface area contributed by atoms with Crippen molar-refractivity contribution in [2.75, 3.05) is 14.1 Å². The summed E-state index contributed by atoms with van der Waals surface area (Å²) in [6.45, 7) is 0. The van der Waals surface area contributed by atoms with Crippen LogP contribution < -0.4 is 0 Å². The van der Waals surface area contributed by atoms with Gasteiger partial charge >= 0.3 is 5.97 Å². The first-order valence-corrected chi connectivity index (χ1v) is 8.30. The highest BCUT2D eigenvalue weighted by Crippen LogP contribution is 2.31. The lowest BCUT2D eigenvalue weighted by Gasteiger charge is -2.06. The number of ether oxygens (including phenoxy) is 1. The highest BCUT2D eigenvalue weighted by molar-refractivity contribution is 7.99. The summed E-state index contributed by atoms with van der Waals surface area (Å²) in [4.78, 5) is 23.3. The van der Waals surface area contributed by atoms with Crippen LogP contribution in [0.1, 0.15) is 5.56 Å². The molecule has 0 radical (unpaired) electrons. The normalized spacial score (nSPS) is 15.4. The zero-order chi connectivity index (χ0) is 17.1. The molecule has 0 aliphatic carbocycles. The predicted molar refractivity (Wildman–Crippen MR) is 94.2 cm³/mol. The van der Waals surface area contributed by atoms with E-state index in [4.69, 9.17) is 16.3 Å². The molecular weight excluding hydrogens is 346 g/mol. The van der Waals surface area contributed by atoms with Gasteiger partial charge in [0, 0.05) is 36.4 Å². The molecule has 7 heteroatoms. The van der Waals surface area contributed by atoms with Gasteiger partial charge in [-0.1, -0.05) is 23.4 Å². The number of aliphatic imine (C=N–C) groups is 1. The molecule has 3 rings (SSSR count). The largest absolute Gasteiger partial charge is 0.402 e. The summed E-state index contributed by atoms with van der Waals surface area (Å²) in [5, 5.41) is 1.38. The van der Waals surface area contributed by atoms with Gasteiger partial charge in [-0.25, -0.2) is 14.8 Å². The van der Waals surface area contributed by atoms with Crippen LogP contribution in [0, 0.1) is 0 Å². The summed E-state index contributed by atoms with van der Waals surface area (Å²) in [6, 6.07) is 11.1. The van der Waals surface area contributed by atoms with Gasteiger partial charge in [-0.15, -0.1) is 0 Å². The van der Waals surface area contributed by atoms with Crippen LogP contribution in [0.2, 0.25) is 5.02 Å². The minimum absolute atomic E-state index is 0.262. The number of rotatable bonds is 4. The first kappa shape index (κ1) is 16.5.